The molecule has 0 spiro atoms. The Balaban J connectivity index is 2.35. The second kappa shape index (κ2) is 5.56. The molecular weight excluding hydrogens is 276 g/mol. The van der Waals surface area contributed by atoms with E-state index in [2.05, 4.69) is 4.98 Å². The molecule has 0 aliphatic rings. The number of fused-ring (bicyclic) bond motifs is 1. The molecule has 0 amide bonds. The van der Waals surface area contributed by atoms with E-state index in [1.165, 1.54) is 0 Å². The molecular formula is C18H18N2O2. The minimum Gasteiger partial charge on any atom is -0.493 e. The van der Waals surface area contributed by atoms with Gasteiger partial charge in [0.15, 0.2) is 11.5 Å². The summed E-state index contributed by atoms with van der Waals surface area (Å²) in [5.41, 5.74) is 8.96. The summed E-state index contributed by atoms with van der Waals surface area (Å²) in [5, 5.41) is 1.77. The maximum atomic E-state index is 6.17. The van der Waals surface area contributed by atoms with Crippen molar-refractivity contribution in [3.63, 3.8) is 0 Å². The summed E-state index contributed by atoms with van der Waals surface area (Å²) in [6, 6.07) is 13.9. The fourth-order valence-electron chi connectivity index (χ4n) is 2.71. The molecule has 0 saturated carbocycles. The molecule has 3 aromatic rings. The Morgan fingerprint density at radius 2 is 1.59 bits per heavy atom. The minimum absolute atomic E-state index is 0.486. The molecule has 0 saturated heterocycles. The maximum Gasteiger partial charge on any atom is 0.169 e. The molecule has 1 heterocycles. The number of pyridine rings is 1. The number of nitrogens with zero attached hydrogens (tertiary/aromatic N) is 1. The Hall–Kier alpha value is -2.75. The maximum absolute atomic E-state index is 6.17. The summed E-state index contributed by atoms with van der Waals surface area (Å²) in [6.07, 6.45) is 0. The zero-order valence-corrected chi connectivity index (χ0v) is 12.9. The molecule has 2 aromatic carbocycles. The molecule has 0 radical (unpaired) electrons. The minimum atomic E-state index is 0.486. The number of nitrogen functional groups attached to an aromatic ring is 1. The van der Waals surface area contributed by atoms with Crippen molar-refractivity contribution >= 4 is 16.6 Å². The van der Waals surface area contributed by atoms with Gasteiger partial charge in [-0.25, -0.2) is 4.98 Å². The predicted octanol–water partition coefficient (Wildman–Crippen LogP) is 3.81. The Kier molecular flexibility index (Phi) is 3.59. The number of anilines is 1. The van der Waals surface area contributed by atoms with Gasteiger partial charge in [-0.1, -0.05) is 30.3 Å². The molecule has 4 nitrogen and oxygen atoms in total. The fourth-order valence-corrected chi connectivity index (χ4v) is 2.71. The van der Waals surface area contributed by atoms with Gasteiger partial charge >= 0.3 is 0 Å². The van der Waals surface area contributed by atoms with E-state index in [4.69, 9.17) is 15.2 Å². The fraction of sp³-hybridized carbons (Fsp3) is 0.167. The van der Waals surface area contributed by atoms with Crippen LogP contribution in [0.5, 0.6) is 11.5 Å². The lowest BCUT2D eigenvalue weighted by atomic mass is 10.0. The van der Waals surface area contributed by atoms with Crippen LogP contribution in [0.4, 0.5) is 5.82 Å². The van der Waals surface area contributed by atoms with Gasteiger partial charge in [0.25, 0.3) is 0 Å². The van der Waals surface area contributed by atoms with Crippen LogP contribution in [0.3, 0.4) is 0 Å². The highest BCUT2D eigenvalue weighted by Gasteiger charge is 2.16. The van der Waals surface area contributed by atoms with Crippen LogP contribution in [0.2, 0.25) is 0 Å². The summed E-state index contributed by atoms with van der Waals surface area (Å²) >= 11 is 0. The average Bonchev–Trinajstić information content (AvgIpc) is 2.55. The molecule has 0 bridgehead atoms. The van der Waals surface area contributed by atoms with Crippen molar-refractivity contribution in [2.24, 2.45) is 0 Å². The number of aromatic nitrogens is 1. The predicted molar refractivity (Wildman–Crippen MR) is 89.4 cm³/mol. The molecule has 4 heteroatoms. The van der Waals surface area contributed by atoms with Crippen LogP contribution in [0.1, 0.15) is 5.56 Å². The second-order valence-corrected chi connectivity index (χ2v) is 5.11. The number of rotatable bonds is 3. The molecule has 0 atom stereocenters. The average molecular weight is 294 g/mol. The van der Waals surface area contributed by atoms with Crippen LogP contribution >= 0.6 is 0 Å². The third-order valence-corrected chi connectivity index (χ3v) is 3.74. The van der Waals surface area contributed by atoms with E-state index in [1.807, 2.05) is 49.4 Å². The first-order valence-corrected chi connectivity index (χ1v) is 7.03. The van der Waals surface area contributed by atoms with E-state index in [9.17, 15) is 0 Å². The van der Waals surface area contributed by atoms with Crippen molar-refractivity contribution < 1.29 is 9.47 Å². The number of aryl methyl sites for hydroxylation is 1. The van der Waals surface area contributed by atoms with Crippen LogP contribution in [0, 0.1) is 6.92 Å². The number of benzene rings is 2. The van der Waals surface area contributed by atoms with E-state index in [0.717, 1.165) is 33.3 Å². The monoisotopic (exact) mass is 294 g/mol. The Bertz CT molecular complexity index is 830. The standard InChI is InChI=1S/C18H18N2O2/c1-11-9-14-13(17(22-3)16(11)21-2)10-15(20-18(14)19)12-7-5-4-6-8-12/h4-10H,1-3H3,(H2,19,20). The van der Waals surface area contributed by atoms with Gasteiger partial charge in [-0.15, -0.1) is 0 Å². The molecule has 0 aliphatic carbocycles. The highest BCUT2D eigenvalue weighted by molar-refractivity contribution is 6.00. The first-order valence-electron chi connectivity index (χ1n) is 7.03. The van der Waals surface area contributed by atoms with Gasteiger partial charge in [0.05, 0.1) is 19.9 Å². The zero-order valence-electron chi connectivity index (χ0n) is 12.9. The molecule has 3 rings (SSSR count). The molecule has 1 aromatic heterocycles. The summed E-state index contributed by atoms with van der Waals surface area (Å²) in [4.78, 5) is 4.52. The summed E-state index contributed by atoms with van der Waals surface area (Å²) < 4.78 is 11.0. The van der Waals surface area contributed by atoms with Crippen LogP contribution < -0.4 is 15.2 Å². The first kappa shape index (κ1) is 14.2. The molecule has 0 unspecified atom stereocenters. The van der Waals surface area contributed by atoms with E-state index >= 15 is 0 Å². The molecule has 0 aliphatic heterocycles. The lowest BCUT2D eigenvalue weighted by Crippen LogP contribution is -1.99. The molecule has 2 N–H and O–H groups in total. The SMILES string of the molecule is COc1c(C)cc2c(N)nc(-c3ccccc3)cc2c1OC. The smallest absolute Gasteiger partial charge is 0.169 e. The number of methoxy groups -OCH3 is 2. The van der Waals surface area contributed by atoms with Gasteiger partial charge in [0, 0.05) is 16.3 Å². The highest BCUT2D eigenvalue weighted by atomic mass is 16.5. The number of ether oxygens (including phenoxy) is 2. The van der Waals surface area contributed by atoms with Gasteiger partial charge < -0.3 is 15.2 Å². The Morgan fingerprint density at radius 1 is 0.909 bits per heavy atom. The molecule has 0 fully saturated rings. The van der Waals surface area contributed by atoms with E-state index in [1.54, 1.807) is 14.2 Å². The molecule has 22 heavy (non-hydrogen) atoms. The number of hydrogen-bond donors (Lipinski definition) is 1. The van der Waals surface area contributed by atoms with Gasteiger partial charge in [-0.2, -0.15) is 0 Å². The van der Waals surface area contributed by atoms with Crippen LogP contribution in [0.15, 0.2) is 42.5 Å². The van der Waals surface area contributed by atoms with Crippen molar-refractivity contribution in [2.75, 3.05) is 20.0 Å². The Labute approximate surface area is 129 Å². The quantitative estimate of drug-likeness (QED) is 0.798. The largest absolute Gasteiger partial charge is 0.493 e. The van der Waals surface area contributed by atoms with E-state index in [0.29, 0.717) is 11.6 Å². The third-order valence-electron chi connectivity index (χ3n) is 3.74. The van der Waals surface area contributed by atoms with Crippen LogP contribution in [0.25, 0.3) is 22.0 Å². The number of hydrogen-bond acceptors (Lipinski definition) is 4. The second-order valence-electron chi connectivity index (χ2n) is 5.11. The van der Waals surface area contributed by atoms with Crippen LogP contribution in [-0.4, -0.2) is 19.2 Å². The summed E-state index contributed by atoms with van der Waals surface area (Å²) in [5.74, 6) is 1.89. The van der Waals surface area contributed by atoms with Crippen molar-refractivity contribution in [2.45, 2.75) is 6.92 Å². The lowest BCUT2D eigenvalue weighted by molar-refractivity contribution is 0.356. The van der Waals surface area contributed by atoms with Gasteiger partial charge in [0.2, 0.25) is 0 Å². The van der Waals surface area contributed by atoms with Crippen molar-refractivity contribution in [3.05, 3.63) is 48.0 Å². The Morgan fingerprint density at radius 3 is 2.23 bits per heavy atom. The van der Waals surface area contributed by atoms with Gasteiger partial charge in [0.1, 0.15) is 5.82 Å². The number of nitrogens with two attached hydrogens (primary N) is 1. The van der Waals surface area contributed by atoms with Gasteiger partial charge in [-0.05, 0) is 24.6 Å². The summed E-state index contributed by atoms with van der Waals surface area (Å²) in [7, 11) is 3.27. The van der Waals surface area contributed by atoms with Crippen molar-refractivity contribution in [1.29, 1.82) is 0 Å². The third kappa shape index (κ3) is 2.22. The topological polar surface area (TPSA) is 57.4 Å². The van der Waals surface area contributed by atoms with E-state index < -0.39 is 0 Å². The summed E-state index contributed by atoms with van der Waals surface area (Å²) in [6.45, 7) is 1.96. The highest BCUT2D eigenvalue weighted by Crippen LogP contribution is 2.41. The lowest BCUT2D eigenvalue weighted by Gasteiger charge is -2.15. The van der Waals surface area contributed by atoms with Crippen molar-refractivity contribution in [3.8, 4) is 22.8 Å². The van der Waals surface area contributed by atoms with Crippen LogP contribution in [-0.2, 0) is 0 Å². The molecule has 112 valence electrons. The van der Waals surface area contributed by atoms with E-state index in [-0.39, 0.29) is 0 Å². The van der Waals surface area contributed by atoms with Gasteiger partial charge in [-0.3, -0.25) is 0 Å². The first-order chi connectivity index (χ1) is 10.7. The zero-order chi connectivity index (χ0) is 15.7. The normalized spacial score (nSPS) is 10.7. The van der Waals surface area contributed by atoms with Crippen molar-refractivity contribution in [1.82, 2.24) is 4.98 Å².